The molecule has 1 aromatic rings. The maximum Gasteiger partial charge on any atom is 0.228 e. The molecule has 0 spiro atoms. The van der Waals surface area contributed by atoms with E-state index in [2.05, 4.69) is 10.2 Å². The molecule has 0 bridgehead atoms. The molecular weight excluding hydrogens is 240 g/mol. The molecule has 4 heteroatoms. The zero-order valence-corrected chi connectivity index (χ0v) is 11.1. The Kier molecular flexibility index (Phi) is 5.24. The van der Waals surface area contributed by atoms with Gasteiger partial charge in [-0.25, -0.2) is 0 Å². The summed E-state index contributed by atoms with van der Waals surface area (Å²) in [5, 5.41) is 3.29. The molecule has 0 saturated carbocycles. The van der Waals surface area contributed by atoms with Crippen LogP contribution in [0.5, 0.6) is 0 Å². The van der Waals surface area contributed by atoms with E-state index in [0.29, 0.717) is 12.0 Å². The molecule has 1 aliphatic rings. The SMILES string of the molecule is O=C(CCCN1CCNCC1)C(=O)c1ccccc1. The second-order valence-corrected chi connectivity index (χ2v) is 4.81. The Morgan fingerprint density at radius 3 is 2.47 bits per heavy atom. The highest BCUT2D eigenvalue weighted by atomic mass is 16.2. The van der Waals surface area contributed by atoms with E-state index in [0.717, 1.165) is 39.1 Å². The minimum Gasteiger partial charge on any atom is -0.314 e. The van der Waals surface area contributed by atoms with E-state index in [1.54, 1.807) is 24.3 Å². The summed E-state index contributed by atoms with van der Waals surface area (Å²) in [6.45, 7) is 4.98. The van der Waals surface area contributed by atoms with E-state index in [4.69, 9.17) is 0 Å². The van der Waals surface area contributed by atoms with Crippen molar-refractivity contribution >= 4 is 11.6 Å². The number of carbonyl (C=O) groups is 2. The van der Waals surface area contributed by atoms with Gasteiger partial charge >= 0.3 is 0 Å². The van der Waals surface area contributed by atoms with E-state index in [1.165, 1.54) is 0 Å². The summed E-state index contributed by atoms with van der Waals surface area (Å²) in [4.78, 5) is 26.0. The van der Waals surface area contributed by atoms with Crippen LogP contribution in [0.4, 0.5) is 0 Å². The number of hydrogen-bond acceptors (Lipinski definition) is 4. The lowest BCUT2D eigenvalue weighted by Gasteiger charge is -2.26. The highest BCUT2D eigenvalue weighted by molar-refractivity contribution is 6.43. The van der Waals surface area contributed by atoms with Gasteiger partial charge in [0.25, 0.3) is 0 Å². The van der Waals surface area contributed by atoms with Gasteiger partial charge in [-0.05, 0) is 13.0 Å². The van der Waals surface area contributed by atoms with E-state index in [1.807, 2.05) is 6.07 Å². The van der Waals surface area contributed by atoms with Gasteiger partial charge in [-0.15, -0.1) is 0 Å². The number of carbonyl (C=O) groups excluding carboxylic acids is 2. The molecule has 0 aromatic heterocycles. The molecule has 1 aromatic carbocycles. The van der Waals surface area contributed by atoms with Crippen molar-refractivity contribution in [3.8, 4) is 0 Å². The number of benzene rings is 1. The third-order valence-corrected chi connectivity index (χ3v) is 3.38. The Labute approximate surface area is 113 Å². The van der Waals surface area contributed by atoms with Gasteiger partial charge in [0.1, 0.15) is 0 Å². The second-order valence-electron chi connectivity index (χ2n) is 4.81. The maximum atomic E-state index is 11.9. The van der Waals surface area contributed by atoms with Crippen molar-refractivity contribution in [2.24, 2.45) is 0 Å². The Hall–Kier alpha value is -1.52. The molecule has 1 aliphatic heterocycles. The van der Waals surface area contributed by atoms with Crippen molar-refractivity contribution < 1.29 is 9.59 Å². The van der Waals surface area contributed by atoms with Gasteiger partial charge in [0, 0.05) is 38.2 Å². The average Bonchev–Trinajstić information content (AvgIpc) is 2.48. The Morgan fingerprint density at radius 2 is 1.79 bits per heavy atom. The fraction of sp³-hybridized carbons (Fsp3) is 0.467. The maximum absolute atomic E-state index is 11.9. The number of piperazine rings is 1. The zero-order chi connectivity index (χ0) is 13.5. The molecule has 1 N–H and O–H groups in total. The number of hydrogen-bond donors (Lipinski definition) is 1. The van der Waals surface area contributed by atoms with Crippen molar-refractivity contribution in [1.82, 2.24) is 10.2 Å². The van der Waals surface area contributed by atoms with Crippen molar-refractivity contribution in [1.29, 1.82) is 0 Å². The summed E-state index contributed by atoms with van der Waals surface area (Å²) in [5.74, 6) is -0.637. The van der Waals surface area contributed by atoms with Crippen LogP contribution < -0.4 is 5.32 Å². The number of nitrogens with zero attached hydrogens (tertiary/aromatic N) is 1. The fourth-order valence-electron chi connectivity index (χ4n) is 2.26. The molecule has 0 atom stereocenters. The normalized spacial score (nSPS) is 16.2. The van der Waals surface area contributed by atoms with E-state index in [9.17, 15) is 9.59 Å². The number of ketones is 2. The van der Waals surface area contributed by atoms with Crippen LogP contribution in [0.3, 0.4) is 0 Å². The van der Waals surface area contributed by atoms with Crippen LogP contribution in [0.25, 0.3) is 0 Å². The highest BCUT2D eigenvalue weighted by Crippen LogP contribution is 2.05. The smallest absolute Gasteiger partial charge is 0.228 e. The Balaban J connectivity index is 1.73. The number of Topliss-reactive ketones (excluding diaryl/α,β-unsaturated/α-hetero) is 2. The van der Waals surface area contributed by atoms with Gasteiger partial charge in [-0.1, -0.05) is 30.3 Å². The molecule has 19 heavy (non-hydrogen) atoms. The molecule has 0 aliphatic carbocycles. The lowest BCUT2D eigenvalue weighted by Crippen LogP contribution is -2.43. The third-order valence-electron chi connectivity index (χ3n) is 3.38. The average molecular weight is 260 g/mol. The van der Waals surface area contributed by atoms with E-state index >= 15 is 0 Å². The molecule has 0 radical (unpaired) electrons. The minimum atomic E-state index is -0.360. The molecule has 4 nitrogen and oxygen atoms in total. The largest absolute Gasteiger partial charge is 0.314 e. The van der Waals surface area contributed by atoms with Crippen molar-refractivity contribution in [2.45, 2.75) is 12.8 Å². The molecule has 0 amide bonds. The number of nitrogens with one attached hydrogen (secondary N) is 1. The van der Waals surface area contributed by atoms with Crippen LogP contribution in [-0.2, 0) is 4.79 Å². The first-order valence-electron chi connectivity index (χ1n) is 6.83. The van der Waals surface area contributed by atoms with E-state index in [-0.39, 0.29) is 11.6 Å². The summed E-state index contributed by atoms with van der Waals surface area (Å²) in [6, 6.07) is 8.78. The standard InChI is InChI=1S/C15H20N2O2/c18-14(15(19)13-5-2-1-3-6-13)7-4-10-17-11-8-16-9-12-17/h1-3,5-6,16H,4,7-12H2. The quantitative estimate of drug-likeness (QED) is 0.615. The van der Waals surface area contributed by atoms with Crippen LogP contribution in [-0.4, -0.2) is 49.2 Å². The summed E-state index contributed by atoms with van der Waals surface area (Å²) >= 11 is 0. The first-order chi connectivity index (χ1) is 9.27. The van der Waals surface area contributed by atoms with E-state index < -0.39 is 0 Å². The molecule has 2 rings (SSSR count). The van der Waals surface area contributed by atoms with Crippen LogP contribution in [0.2, 0.25) is 0 Å². The van der Waals surface area contributed by atoms with Gasteiger partial charge in [0.15, 0.2) is 0 Å². The predicted octanol–water partition coefficient (Wildman–Crippen LogP) is 1.12. The van der Waals surface area contributed by atoms with Crippen molar-refractivity contribution in [3.63, 3.8) is 0 Å². The van der Waals surface area contributed by atoms with Gasteiger partial charge < -0.3 is 10.2 Å². The first kappa shape index (κ1) is 13.9. The van der Waals surface area contributed by atoms with Crippen molar-refractivity contribution in [3.05, 3.63) is 35.9 Å². The lowest BCUT2D eigenvalue weighted by molar-refractivity contribution is -0.115. The first-order valence-corrected chi connectivity index (χ1v) is 6.83. The van der Waals surface area contributed by atoms with Crippen LogP contribution in [0, 0.1) is 0 Å². The van der Waals surface area contributed by atoms with Crippen molar-refractivity contribution in [2.75, 3.05) is 32.7 Å². The highest BCUT2D eigenvalue weighted by Gasteiger charge is 2.16. The third kappa shape index (κ3) is 4.26. The van der Waals surface area contributed by atoms with Gasteiger partial charge in [0.05, 0.1) is 0 Å². The van der Waals surface area contributed by atoms with Crippen LogP contribution in [0.15, 0.2) is 30.3 Å². The number of rotatable bonds is 6. The molecule has 102 valence electrons. The monoisotopic (exact) mass is 260 g/mol. The zero-order valence-electron chi connectivity index (χ0n) is 11.1. The molecular formula is C15H20N2O2. The molecule has 1 saturated heterocycles. The van der Waals surface area contributed by atoms with Gasteiger partial charge in [0.2, 0.25) is 11.6 Å². The Bertz CT molecular complexity index is 425. The van der Waals surface area contributed by atoms with Crippen LogP contribution >= 0.6 is 0 Å². The lowest BCUT2D eigenvalue weighted by atomic mass is 10.0. The van der Waals surface area contributed by atoms with Crippen LogP contribution in [0.1, 0.15) is 23.2 Å². The summed E-state index contributed by atoms with van der Waals surface area (Å²) in [5.41, 5.74) is 0.495. The molecule has 1 fully saturated rings. The topological polar surface area (TPSA) is 49.4 Å². The summed E-state index contributed by atoms with van der Waals surface area (Å²) in [7, 11) is 0. The minimum absolute atomic E-state index is 0.277. The van der Waals surface area contributed by atoms with Gasteiger partial charge in [-0.2, -0.15) is 0 Å². The molecule has 1 heterocycles. The molecule has 0 unspecified atom stereocenters. The fourth-order valence-corrected chi connectivity index (χ4v) is 2.26. The summed E-state index contributed by atoms with van der Waals surface area (Å²) in [6.07, 6.45) is 1.11. The predicted molar refractivity (Wildman–Crippen MR) is 74.3 cm³/mol. The Morgan fingerprint density at radius 1 is 1.11 bits per heavy atom. The summed E-state index contributed by atoms with van der Waals surface area (Å²) < 4.78 is 0. The second kappa shape index (κ2) is 7.16. The van der Waals surface area contributed by atoms with Gasteiger partial charge in [-0.3, -0.25) is 9.59 Å².